The fourth-order valence-electron chi connectivity index (χ4n) is 1.30. The van der Waals surface area contributed by atoms with E-state index in [1.165, 1.54) is 6.20 Å². The minimum atomic E-state index is -0.525. The second kappa shape index (κ2) is 4.95. The van der Waals surface area contributed by atoms with Crippen molar-refractivity contribution >= 4 is 11.9 Å². The second-order valence-electron chi connectivity index (χ2n) is 4.11. The molecule has 0 saturated heterocycles. The SMILES string of the molecule is Cc1ccc(C(=O)OCC(=O)NC2CC2)cn1. The van der Waals surface area contributed by atoms with Crippen molar-refractivity contribution in [2.75, 3.05) is 6.61 Å². The second-order valence-corrected chi connectivity index (χ2v) is 4.11. The number of carbonyl (C=O) groups is 2. The number of amides is 1. The summed E-state index contributed by atoms with van der Waals surface area (Å²) in [6.07, 6.45) is 3.47. The number of hydrogen-bond acceptors (Lipinski definition) is 4. The summed E-state index contributed by atoms with van der Waals surface area (Å²) < 4.78 is 4.87. The van der Waals surface area contributed by atoms with Crippen molar-refractivity contribution in [2.24, 2.45) is 0 Å². The van der Waals surface area contributed by atoms with E-state index in [-0.39, 0.29) is 18.6 Å². The van der Waals surface area contributed by atoms with E-state index in [1.54, 1.807) is 12.1 Å². The molecule has 5 heteroatoms. The van der Waals surface area contributed by atoms with Gasteiger partial charge in [-0.05, 0) is 31.9 Å². The molecule has 2 rings (SSSR count). The Bertz CT molecular complexity index is 424. The predicted molar refractivity (Wildman–Crippen MR) is 60.4 cm³/mol. The van der Waals surface area contributed by atoms with E-state index in [2.05, 4.69) is 10.3 Å². The molecule has 1 aromatic heterocycles. The fourth-order valence-corrected chi connectivity index (χ4v) is 1.30. The van der Waals surface area contributed by atoms with Gasteiger partial charge in [0.2, 0.25) is 0 Å². The zero-order valence-electron chi connectivity index (χ0n) is 9.60. The van der Waals surface area contributed by atoms with Crippen molar-refractivity contribution in [3.63, 3.8) is 0 Å². The van der Waals surface area contributed by atoms with Crippen LogP contribution in [0.4, 0.5) is 0 Å². The first-order valence-electron chi connectivity index (χ1n) is 5.54. The highest BCUT2D eigenvalue weighted by atomic mass is 16.5. The first kappa shape index (κ1) is 11.6. The van der Waals surface area contributed by atoms with Crippen LogP contribution >= 0.6 is 0 Å². The van der Waals surface area contributed by atoms with Crippen LogP contribution in [0.5, 0.6) is 0 Å². The van der Waals surface area contributed by atoms with Gasteiger partial charge < -0.3 is 10.1 Å². The summed E-state index contributed by atoms with van der Waals surface area (Å²) in [4.78, 5) is 26.8. The first-order chi connectivity index (χ1) is 8.15. The molecule has 1 aliphatic rings. The number of carbonyl (C=O) groups excluding carboxylic acids is 2. The number of rotatable bonds is 4. The first-order valence-corrected chi connectivity index (χ1v) is 5.54. The minimum Gasteiger partial charge on any atom is -0.452 e. The maximum atomic E-state index is 11.5. The van der Waals surface area contributed by atoms with E-state index in [0.29, 0.717) is 5.56 Å². The molecule has 1 aliphatic carbocycles. The molecule has 17 heavy (non-hydrogen) atoms. The zero-order chi connectivity index (χ0) is 12.3. The van der Waals surface area contributed by atoms with Crippen molar-refractivity contribution in [2.45, 2.75) is 25.8 Å². The van der Waals surface area contributed by atoms with Crippen molar-refractivity contribution in [1.29, 1.82) is 0 Å². The molecule has 0 spiro atoms. The van der Waals surface area contributed by atoms with Crippen molar-refractivity contribution in [3.8, 4) is 0 Å². The van der Waals surface area contributed by atoms with Crippen LogP contribution in [0, 0.1) is 6.92 Å². The van der Waals surface area contributed by atoms with Crippen molar-refractivity contribution < 1.29 is 14.3 Å². The Morgan fingerprint density at radius 2 is 2.24 bits per heavy atom. The van der Waals surface area contributed by atoms with Crippen LogP contribution < -0.4 is 5.32 Å². The Morgan fingerprint density at radius 1 is 1.47 bits per heavy atom. The number of hydrogen-bond donors (Lipinski definition) is 1. The Kier molecular flexibility index (Phi) is 3.37. The maximum absolute atomic E-state index is 11.5. The molecule has 0 unspecified atom stereocenters. The lowest BCUT2D eigenvalue weighted by atomic mass is 10.2. The highest BCUT2D eigenvalue weighted by Gasteiger charge is 2.23. The van der Waals surface area contributed by atoms with Crippen molar-refractivity contribution in [1.82, 2.24) is 10.3 Å². The molecule has 1 aromatic rings. The monoisotopic (exact) mass is 234 g/mol. The molecule has 90 valence electrons. The Labute approximate surface area is 99.2 Å². The molecule has 0 bridgehead atoms. The lowest BCUT2D eigenvalue weighted by molar-refractivity contribution is -0.124. The number of aryl methyl sites for hydroxylation is 1. The maximum Gasteiger partial charge on any atom is 0.340 e. The zero-order valence-corrected chi connectivity index (χ0v) is 9.60. The molecule has 0 aliphatic heterocycles. The molecule has 1 heterocycles. The quantitative estimate of drug-likeness (QED) is 0.783. The molecule has 1 N–H and O–H groups in total. The standard InChI is InChI=1S/C12H14N2O3/c1-8-2-3-9(6-13-8)12(16)17-7-11(15)14-10-4-5-10/h2-3,6,10H,4-5,7H2,1H3,(H,14,15). The normalized spacial score (nSPS) is 14.2. The van der Waals surface area contributed by atoms with Gasteiger partial charge in [-0.25, -0.2) is 4.79 Å². The predicted octanol–water partition coefficient (Wildman–Crippen LogP) is 0.825. The number of aromatic nitrogens is 1. The lowest BCUT2D eigenvalue weighted by Crippen LogP contribution is -2.30. The van der Waals surface area contributed by atoms with Crippen LogP contribution in [0.2, 0.25) is 0 Å². The smallest absolute Gasteiger partial charge is 0.340 e. The van der Waals surface area contributed by atoms with E-state index in [1.807, 2.05) is 6.92 Å². The fraction of sp³-hybridized carbons (Fsp3) is 0.417. The minimum absolute atomic E-state index is 0.233. The van der Waals surface area contributed by atoms with Crippen LogP contribution in [0.25, 0.3) is 0 Å². The summed E-state index contributed by atoms with van der Waals surface area (Å²) in [5, 5.41) is 2.74. The average Bonchev–Trinajstić information content (AvgIpc) is 3.11. The topological polar surface area (TPSA) is 68.3 Å². The summed E-state index contributed by atoms with van der Waals surface area (Å²) in [5.74, 6) is -0.774. The molecule has 0 radical (unpaired) electrons. The van der Waals surface area contributed by atoms with Crippen molar-refractivity contribution in [3.05, 3.63) is 29.6 Å². The number of nitrogens with one attached hydrogen (secondary N) is 1. The van der Waals surface area contributed by atoms with Gasteiger partial charge in [0.1, 0.15) is 0 Å². The summed E-state index contributed by atoms with van der Waals surface area (Å²) in [6.45, 7) is 1.60. The Balaban J connectivity index is 1.79. The van der Waals surface area contributed by atoms with Gasteiger partial charge in [-0.15, -0.1) is 0 Å². The van der Waals surface area contributed by atoms with Gasteiger partial charge in [0.25, 0.3) is 5.91 Å². The molecular formula is C12H14N2O3. The van der Waals surface area contributed by atoms with Gasteiger partial charge in [0.15, 0.2) is 6.61 Å². The number of nitrogens with zero attached hydrogens (tertiary/aromatic N) is 1. The van der Waals surface area contributed by atoms with E-state index in [9.17, 15) is 9.59 Å². The number of ether oxygens (including phenoxy) is 1. The molecular weight excluding hydrogens is 220 g/mol. The summed E-state index contributed by atoms with van der Waals surface area (Å²) >= 11 is 0. The summed E-state index contributed by atoms with van der Waals surface area (Å²) in [6, 6.07) is 3.63. The summed E-state index contributed by atoms with van der Waals surface area (Å²) in [5.41, 5.74) is 1.18. The van der Waals surface area contributed by atoms with E-state index >= 15 is 0 Å². The molecule has 1 amide bonds. The van der Waals surface area contributed by atoms with Gasteiger partial charge in [-0.3, -0.25) is 9.78 Å². The Morgan fingerprint density at radius 3 is 2.82 bits per heavy atom. The average molecular weight is 234 g/mol. The van der Waals surface area contributed by atoms with E-state index in [4.69, 9.17) is 4.74 Å². The van der Waals surface area contributed by atoms with Gasteiger partial charge in [0.05, 0.1) is 5.56 Å². The molecule has 0 aromatic carbocycles. The van der Waals surface area contributed by atoms with E-state index in [0.717, 1.165) is 18.5 Å². The van der Waals surface area contributed by atoms with Gasteiger partial charge in [-0.1, -0.05) is 0 Å². The third-order valence-electron chi connectivity index (χ3n) is 2.42. The lowest BCUT2D eigenvalue weighted by Gasteiger charge is -2.05. The number of esters is 1. The molecule has 1 saturated carbocycles. The van der Waals surface area contributed by atoms with Gasteiger partial charge >= 0.3 is 5.97 Å². The van der Waals surface area contributed by atoms with Crippen LogP contribution in [-0.2, 0) is 9.53 Å². The third kappa shape index (κ3) is 3.55. The highest BCUT2D eigenvalue weighted by Crippen LogP contribution is 2.18. The summed E-state index contributed by atoms with van der Waals surface area (Å²) in [7, 11) is 0. The van der Waals surface area contributed by atoms with Crippen LogP contribution in [0.1, 0.15) is 28.9 Å². The van der Waals surface area contributed by atoms with Gasteiger partial charge in [-0.2, -0.15) is 0 Å². The largest absolute Gasteiger partial charge is 0.452 e. The van der Waals surface area contributed by atoms with Crippen LogP contribution in [0.15, 0.2) is 18.3 Å². The molecule has 0 atom stereocenters. The van der Waals surface area contributed by atoms with Gasteiger partial charge in [0, 0.05) is 17.9 Å². The Hall–Kier alpha value is -1.91. The molecule has 5 nitrogen and oxygen atoms in total. The number of pyridine rings is 1. The third-order valence-corrected chi connectivity index (χ3v) is 2.42. The molecule has 1 fully saturated rings. The van der Waals surface area contributed by atoms with E-state index < -0.39 is 5.97 Å². The highest BCUT2D eigenvalue weighted by molar-refractivity contribution is 5.91. The van der Waals surface area contributed by atoms with Crippen LogP contribution in [0.3, 0.4) is 0 Å². The van der Waals surface area contributed by atoms with Crippen LogP contribution in [-0.4, -0.2) is 29.5 Å².